The molecule has 0 saturated carbocycles. The van der Waals surface area contributed by atoms with Crippen LogP contribution in [0.1, 0.15) is 16.7 Å². The van der Waals surface area contributed by atoms with E-state index in [0.717, 1.165) is 6.07 Å². The van der Waals surface area contributed by atoms with Crippen LogP contribution in [0.4, 0.5) is 11.4 Å². The van der Waals surface area contributed by atoms with Gasteiger partial charge in [0.25, 0.3) is 11.4 Å². The van der Waals surface area contributed by atoms with E-state index >= 15 is 0 Å². The first-order valence-electron chi connectivity index (χ1n) is 6.27. The van der Waals surface area contributed by atoms with Gasteiger partial charge in [-0.1, -0.05) is 40.9 Å². The molecule has 2 rings (SSSR count). The molecular formula is C14H9Cl3N2O4. The Balaban J connectivity index is 2.63. The molecule has 0 amide bonds. The van der Waals surface area contributed by atoms with Crippen LogP contribution >= 0.6 is 34.8 Å². The highest BCUT2D eigenvalue weighted by atomic mass is 35.5. The van der Waals surface area contributed by atoms with Crippen LogP contribution in [0, 0.1) is 27.2 Å². The summed E-state index contributed by atoms with van der Waals surface area (Å²) in [6.45, 7) is 1.50. The molecule has 6 nitrogen and oxygen atoms in total. The van der Waals surface area contributed by atoms with Crippen LogP contribution in [0.15, 0.2) is 24.3 Å². The van der Waals surface area contributed by atoms with Gasteiger partial charge >= 0.3 is 0 Å². The third-order valence-corrected chi connectivity index (χ3v) is 4.43. The topological polar surface area (TPSA) is 86.3 Å². The SMILES string of the molecule is Cc1c(Cl)c([N+](=O)[O-])cc([N+](=O)[O-])c1Cc1ccc(Cl)cc1Cl. The lowest BCUT2D eigenvalue weighted by molar-refractivity contribution is -0.394. The van der Waals surface area contributed by atoms with Gasteiger partial charge in [0.1, 0.15) is 5.02 Å². The molecule has 0 N–H and O–H groups in total. The first-order valence-corrected chi connectivity index (χ1v) is 7.40. The number of hydrogen-bond donors (Lipinski definition) is 0. The highest BCUT2D eigenvalue weighted by Crippen LogP contribution is 2.38. The molecule has 0 atom stereocenters. The minimum absolute atomic E-state index is 0.107. The predicted octanol–water partition coefficient (Wildman–Crippen LogP) is 5.36. The summed E-state index contributed by atoms with van der Waals surface area (Å²) in [5, 5.41) is 22.9. The summed E-state index contributed by atoms with van der Waals surface area (Å²) in [5.74, 6) is 0. The molecule has 2 aromatic rings. The number of nitro groups is 2. The molecule has 0 bridgehead atoms. The number of hydrogen-bond acceptors (Lipinski definition) is 4. The summed E-state index contributed by atoms with van der Waals surface area (Å²) in [7, 11) is 0. The fourth-order valence-electron chi connectivity index (χ4n) is 2.17. The minimum Gasteiger partial charge on any atom is -0.258 e. The van der Waals surface area contributed by atoms with Crippen LogP contribution in [-0.4, -0.2) is 9.85 Å². The van der Waals surface area contributed by atoms with Gasteiger partial charge in [0, 0.05) is 22.0 Å². The van der Waals surface area contributed by atoms with Gasteiger partial charge in [-0.25, -0.2) is 0 Å². The Morgan fingerprint density at radius 1 is 1.00 bits per heavy atom. The van der Waals surface area contributed by atoms with Crippen LogP contribution in [0.2, 0.25) is 15.1 Å². The number of nitrogens with zero attached hydrogens (tertiary/aromatic N) is 2. The van der Waals surface area contributed by atoms with Crippen molar-refractivity contribution < 1.29 is 9.85 Å². The van der Waals surface area contributed by atoms with E-state index in [4.69, 9.17) is 34.8 Å². The number of rotatable bonds is 4. The fourth-order valence-corrected chi connectivity index (χ4v) is 2.88. The standard InChI is InChI=1S/C14H9Cl3N2O4/c1-7-10(4-8-2-3-9(15)5-11(8)16)12(18(20)21)6-13(14(7)17)19(22)23/h2-3,5-6H,4H2,1H3. The zero-order chi connectivity index (χ0) is 17.3. The van der Waals surface area contributed by atoms with Crippen molar-refractivity contribution in [1.82, 2.24) is 0 Å². The van der Waals surface area contributed by atoms with Crippen molar-refractivity contribution in [3.05, 3.63) is 76.3 Å². The van der Waals surface area contributed by atoms with Crippen molar-refractivity contribution in [1.29, 1.82) is 0 Å². The first-order chi connectivity index (χ1) is 10.7. The van der Waals surface area contributed by atoms with E-state index in [1.165, 1.54) is 13.0 Å². The molecule has 0 spiro atoms. The predicted molar refractivity (Wildman–Crippen MR) is 88.8 cm³/mol. The van der Waals surface area contributed by atoms with Gasteiger partial charge in [-0.15, -0.1) is 0 Å². The van der Waals surface area contributed by atoms with Gasteiger partial charge in [0.05, 0.1) is 15.9 Å². The Hall–Kier alpha value is -1.89. The van der Waals surface area contributed by atoms with E-state index in [9.17, 15) is 20.2 Å². The van der Waals surface area contributed by atoms with E-state index < -0.39 is 15.5 Å². The van der Waals surface area contributed by atoms with Gasteiger partial charge < -0.3 is 0 Å². The van der Waals surface area contributed by atoms with Crippen LogP contribution in [0.3, 0.4) is 0 Å². The van der Waals surface area contributed by atoms with E-state index in [1.54, 1.807) is 12.1 Å². The Labute approximate surface area is 145 Å². The molecule has 0 aliphatic carbocycles. The van der Waals surface area contributed by atoms with E-state index in [-0.39, 0.29) is 28.3 Å². The second-order valence-corrected chi connectivity index (χ2v) is 5.98. The van der Waals surface area contributed by atoms with E-state index in [1.807, 2.05) is 0 Å². The van der Waals surface area contributed by atoms with E-state index in [0.29, 0.717) is 15.6 Å². The average Bonchev–Trinajstić information content (AvgIpc) is 2.45. The molecule has 0 aromatic heterocycles. The van der Waals surface area contributed by atoms with Gasteiger partial charge in [-0.05, 0) is 30.2 Å². The summed E-state index contributed by atoms with van der Waals surface area (Å²) in [6.07, 6.45) is 0.107. The Morgan fingerprint density at radius 3 is 2.13 bits per heavy atom. The highest BCUT2D eigenvalue weighted by molar-refractivity contribution is 6.35. The maximum atomic E-state index is 11.3. The summed E-state index contributed by atoms with van der Waals surface area (Å²) < 4.78 is 0. The van der Waals surface area contributed by atoms with Crippen molar-refractivity contribution in [3.8, 4) is 0 Å². The lowest BCUT2D eigenvalue weighted by Gasteiger charge is -2.10. The Kier molecular flexibility index (Phi) is 5.09. The fraction of sp³-hybridized carbons (Fsp3) is 0.143. The average molecular weight is 376 g/mol. The Bertz CT molecular complexity index is 824. The summed E-state index contributed by atoms with van der Waals surface area (Å²) >= 11 is 17.9. The summed E-state index contributed by atoms with van der Waals surface area (Å²) in [4.78, 5) is 20.8. The van der Waals surface area contributed by atoms with Crippen molar-refractivity contribution in [2.75, 3.05) is 0 Å². The quantitative estimate of drug-likeness (QED) is 0.531. The van der Waals surface area contributed by atoms with Crippen LogP contribution < -0.4 is 0 Å². The molecular weight excluding hydrogens is 367 g/mol. The molecule has 9 heteroatoms. The molecule has 0 heterocycles. The molecule has 0 aliphatic heterocycles. The molecule has 0 unspecified atom stereocenters. The van der Waals surface area contributed by atoms with Crippen molar-refractivity contribution in [2.45, 2.75) is 13.3 Å². The zero-order valence-corrected chi connectivity index (χ0v) is 13.9. The van der Waals surface area contributed by atoms with Crippen LogP contribution in [0.25, 0.3) is 0 Å². The zero-order valence-electron chi connectivity index (χ0n) is 11.7. The van der Waals surface area contributed by atoms with Crippen molar-refractivity contribution in [3.63, 3.8) is 0 Å². The van der Waals surface area contributed by atoms with Gasteiger partial charge in [-0.2, -0.15) is 0 Å². The largest absolute Gasteiger partial charge is 0.295 e. The maximum Gasteiger partial charge on any atom is 0.295 e. The van der Waals surface area contributed by atoms with Crippen molar-refractivity contribution >= 4 is 46.2 Å². The van der Waals surface area contributed by atoms with Crippen molar-refractivity contribution in [2.24, 2.45) is 0 Å². The number of benzene rings is 2. The van der Waals surface area contributed by atoms with Gasteiger partial charge in [-0.3, -0.25) is 20.2 Å². The second-order valence-electron chi connectivity index (χ2n) is 4.76. The molecule has 2 aromatic carbocycles. The molecule has 0 aliphatic rings. The number of nitro benzene ring substituents is 2. The second kappa shape index (κ2) is 6.70. The number of halogens is 3. The lowest BCUT2D eigenvalue weighted by atomic mass is 9.98. The maximum absolute atomic E-state index is 11.3. The summed E-state index contributed by atoms with van der Waals surface area (Å²) in [5.41, 5.74) is 0.284. The monoisotopic (exact) mass is 374 g/mol. The van der Waals surface area contributed by atoms with Gasteiger partial charge in [0.15, 0.2) is 0 Å². The van der Waals surface area contributed by atoms with Gasteiger partial charge in [0.2, 0.25) is 0 Å². The van der Waals surface area contributed by atoms with Crippen LogP contribution in [-0.2, 0) is 6.42 Å². The Morgan fingerprint density at radius 2 is 1.61 bits per heavy atom. The molecule has 120 valence electrons. The molecule has 23 heavy (non-hydrogen) atoms. The highest BCUT2D eigenvalue weighted by Gasteiger charge is 2.27. The first kappa shape index (κ1) is 17.5. The third kappa shape index (κ3) is 3.55. The summed E-state index contributed by atoms with van der Waals surface area (Å²) in [6, 6.07) is 5.64. The minimum atomic E-state index is -0.749. The molecule has 0 fully saturated rings. The third-order valence-electron chi connectivity index (χ3n) is 3.37. The lowest BCUT2D eigenvalue weighted by Crippen LogP contribution is -2.03. The van der Waals surface area contributed by atoms with Crippen LogP contribution in [0.5, 0.6) is 0 Å². The smallest absolute Gasteiger partial charge is 0.258 e. The van der Waals surface area contributed by atoms with E-state index in [2.05, 4.69) is 0 Å². The normalized spacial score (nSPS) is 10.6. The molecule has 0 saturated heterocycles. The molecule has 0 radical (unpaired) electrons.